The number of aromatic nitrogens is 1. The summed E-state index contributed by atoms with van der Waals surface area (Å²) in [5, 5.41) is 1.14. The van der Waals surface area contributed by atoms with Crippen molar-refractivity contribution in [3.63, 3.8) is 0 Å². The lowest BCUT2D eigenvalue weighted by atomic mass is 10.2. The summed E-state index contributed by atoms with van der Waals surface area (Å²) in [6.45, 7) is 3.14. The maximum absolute atomic E-state index is 5.50. The number of methoxy groups -OCH3 is 2. The molecule has 19 heavy (non-hydrogen) atoms. The Morgan fingerprint density at radius 3 is 2.53 bits per heavy atom. The van der Waals surface area contributed by atoms with Crippen LogP contribution in [0, 0.1) is 0 Å². The van der Waals surface area contributed by atoms with Gasteiger partial charge >= 0.3 is 0 Å². The van der Waals surface area contributed by atoms with Gasteiger partial charge < -0.3 is 18.9 Å². The molecule has 0 N–H and O–H groups in total. The number of rotatable bonds is 5. The van der Waals surface area contributed by atoms with E-state index in [0.717, 1.165) is 28.9 Å². The summed E-state index contributed by atoms with van der Waals surface area (Å²) in [7, 11) is 7.56. The first-order valence-electron chi connectivity index (χ1n) is 6.44. The Hall–Kier alpha value is -1.68. The van der Waals surface area contributed by atoms with Gasteiger partial charge in [-0.15, -0.1) is 0 Å². The van der Waals surface area contributed by atoms with E-state index in [2.05, 4.69) is 42.7 Å². The minimum atomic E-state index is 0.461. The fourth-order valence-electron chi connectivity index (χ4n) is 2.16. The van der Waals surface area contributed by atoms with Gasteiger partial charge in [-0.3, -0.25) is 0 Å². The number of ether oxygens (including phenoxy) is 2. The van der Waals surface area contributed by atoms with E-state index in [0.29, 0.717) is 6.04 Å². The number of likely N-dealkylation sites (N-methyl/N-ethyl adjacent to an activating group) is 1. The van der Waals surface area contributed by atoms with E-state index >= 15 is 0 Å². The molecule has 1 aromatic carbocycles. The van der Waals surface area contributed by atoms with Crippen molar-refractivity contribution >= 4 is 10.9 Å². The topological polar surface area (TPSA) is 26.6 Å². The van der Waals surface area contributed by atoms with Crippen molar-refractivity contribution in [3.8, 4) is 11.5 Å². The maximum Gasteiger partial charge on any atom is 0.146 e. The molecule has 1 heterocycles. The zero-order valence-electron chi connectivity index (χ0n) is 12.3. The Balaban J connectivity index is 2.46. The first-order chi connectivity index (χ1) is 9.06. The first-order valence-corrected chi connectivity index (χ1v) is 6.44. The molecule has 2 rings (SSSR count). The fourth-order valence-corrected chi connectivity index (χ4v) is 2.16. The van der Waals surface area contributed by atoms with Crippen LogP contribution in [0.3, 0.4) is 0 Å². The molecule has 0 radical (unpaired) electrons. The summed E-state index contributed by atoms with van der Waals surface area (Å²) >= 11 is 0. The molecule has 104 valence electrons. The second-order valence-electron chi connectivity index (χ2n) is 5.05. The molecule has 0 bridgehead atoms. The molecule has 0 aliphatic carbocycles. The molecule has 4 nitrogen and oxygen atoms in total. The van der Waals surface area contributed by atoms with E-state index in [1.54, 1.807) is 14.2 Å². The molecule has 1 aromatic heterocycles. The van der Waals surface area contributed by atoms with E-state index in [9.17, 15) is 0 Å². The quantitative estimate of drug-likeness (QED) is 0.828. The molecular formula is C15H22N2O2. The highest BCUT2D eigenvalue weighted by Gasteiger charge is 2.13. The Morgan fingerprint density at radius 2 is 1.95 bits per heavy atom. The second-order valence-corrected chi connectivity index (χ2v) is 5.05. The molecule has 0 amide bonds. The SMILES string of the molecule is COc1cc(OC)c2c(ccn2CC(C)N(C)C)c1. The summed E-state index contributed by atoms with van der Waals surface area (Å²) in [4.78, 5) is 2.21. The third-order valence-corrected chi connectivity index (χ3v) is 3.60. The van der Waals surface area contributed by atoms with E-state index in [1.165, 1.54) is 0 Å². The highest BCUT2D eigenvalue weighted by Crippen LogP contribution is 2.32. The molecule has 1 atom stereocenters. The highest BCUT2D eigenvalue weighted by atomic mass is 16.5. The van der Waals surface area contributed by atoms with Crippen LogP contribution < -0.4 is 9.47 Å². The Kier molecular flexibility index (Phi) is 4.00. The Labute approximate surface area is 114 Å². The zero-order chi connectivity index (χ0) is 14.0. The van der Waals surface area contributed by atoms with Gasteiger partial charge in [0.15, 0.2) is 0 Å². The van der Waals surface area contributed by atoms with Crippen LogP contribution in [0.4, 0.5) is 0 Å². The van der Waals surface area contributed by atoms with E-state index in [4.69, 9.17) is 9.47 Å². The molecular weight excluding hydrogens is 240 g/mol. The molecule has 1 unspecified atom stereocenters. The van der Waals surface area contributed by atoms with Crippen LogP contribution in [0.5, 0.6) is 11.5 Å². The van der Waals surface area contributed by atoms with Crippen LogP contribution in [0.1, 0.15) is 6.92 Å². The van der Waals surface area contributed by atoms with Crippen LogP contribution >= 0.6 is 0 Å². The van der Waals surface area contributed by atoms with Crippen LogP contribution in [-0.2, 0) is 6.54 Å². The van der Waals surface area contributed by atoms with Crippen LogP contribution in [-0.4, -0.2) is 43.8 Å². The number of hydrogen-bond acceptors (Lipinski definition) is 3. The van der Waals surface area contributed by atoms with Crippen molar-refractivity contribution in [2.24, 2.45) is 0 Å². The number of fused-ring (bicyclic) bond motifs is 1. The third-order valence-electron chi connectivity index (χ3n) is 3.60. The minimum Gasteiger partial charge on any atom is -0.497 e. The van der Waals surface area contributed by atoms with Gasteiger partial charge in [0.1, 0.15) is 11.5 Å². The Bertz CT molecular complexity index is 561. The summed E-state index contributed by atoms with van der Waals surface area (Å²) < 4.78 is 13.0. The molecule has 2 aromatic rings. The van der Waals surface area contributed by atoms with Gasteiger partial charge in [-0.1, -0.05) is 0 Å². The van der Waals surface area contributed by atoms with E-state index in [-0.39, 0.29) is 0 Å². The highest BCUT2D eigenvalue weighted by molar-refractivity contribution is 5.87. The predicted octanol–water partition coefficient (Wildman–Crippen LogP) is 2.61. The summed E-state index contributed by atoms with van der Waals surface area (Å²) in [5.41, 5.74) is 1.12. The zero-order valence-corrected chi connectivity index (χ0v) is 12.3. The molecule has 4 heteroatoms. The molecule has 0 aliphatic rings. The van der Waals surface area contributed by atoms with Crippen molar-refractivity contribution in [3.05, 3.63) is 24.4 Å². The fraction of sp³-hybridized carbons (Fsp3) is 0.467. The summed E-state index contributed by atoms with van der Waals surface area (Å²) in [5.74, 6) is 1.67. The van der Waals surface area contributed by atoms with Gasteiger partial charge in [0.25, 0.3) is 0 Å². The molecule has 0 spiro atoms. The standard InChI is InChI=1S/C15H22N2O2/c1-11(16(2)3)10-17-7-6-12-8-13(18-4)9-14(19-5)15(12)17/h6-9,11H,10H2,1-5H3. The average Bonchev–Trinajstić information content (AvgIpc) is 2.80. The molecule has 0 saturated heterocycles. The molecule has 0 fully saturated rings. The number of benzene rings is 1. The van der Waals surface area contributed by atoms with Crippen LogP contribution in [0.15, 0.2) is 24.4 Å². The van der Waals surface area contributed by atoms with E-state index < -0.39 is 0 Å². The molecule has 0 aliphatic heterocycles. The lowest BCUT2D eigenvalue weighted by Crippen LogP contribution is -2.28. The van der Waals surface area contributed by atoms with E-state index in [1.807, 2.05) is 12.1 Å². The smallest absolute Gasteiger partial charge is 0.146 e. The van der Waals surface area contributed by atoms with Crippen molar-refractivity contribution in [2.75, 3.05) is 28.3 Å². The monoisotopic (exact) mass is 262 g/mol. The van der Waals surface area contributed by atoms with Crippen molar-refractivity contribution in [2.45, 2.75) is 19.5 Å². The van der Waals surface area contributed by atoms with Crippen LogP contribution in [0.25, 0.3) is 10.9 Å². The summed E-state index contributed by atoms with van der Waals surface area (Å²) in [6, 6.07) is 6.53. The average molecular weight is 262 g/mol. The van der Waals surface area contributed by atoms with Crippen LogP contribution in [0.2, 0.25) is 0 Å². The number of nitrogens with zero attached hydrogens (tertiary/aromatic N) is 2. The molecule has 0 saturated carbocycles. The van der Waals surface area contributed by atoms with Gasteiger partial charge in [0.05, 0.1) is 19.7 Å². The normalized spacial score (nSPS) is 12.9. The first kappa shape index (κ1) is 13.7. The van der Waals surface area contributed by atoms with Gasteiger partial charge in [-0.2, -0.15) is 0 Å². The van der Waals surface area contributed by atoms with Gasteiger partial charge in [-0.05, 0) is 33.2 Å². The van der Waals surface area contributed by atoms with Gasteiger partial charge in [0.2, 0.25) is 0 Å². The predicted molar refractivity (Wildman–Crippen MR) is 78.2 cm³/mol. The minimum absolute atomic E-state index is 0.461. The van der Waals surface area contributed by atoms with Gasteiger partial charge in [-0.25, -0.2) is 0 Å². The lowest BCUT2D eigenvalue weighted by Gasteiger charge is -2.21. The maximum atomic E-state index is 5.50. The largest absolute Gasteiger partial charge is 0.497 e. The van der Waals surface area contributed by atoms with Crippen molar-refractivity contribution in [1.82, 2.24) is 9.47 Å². The van der Waals surface area contributed by atoms with Crippen molar-refractivity contribution < 1.29 is 9.47 Å². The Morgan fingerprint density at radius 1 is 1.21 bits per heavy atom. The van der Waals surface area contributed by atoms with Gasteiger partial charge in [0, 0.05) is 30.2 Å². The number of hydrogen-bond donors (Lipinski definition) is 0. The lowest BCUT2D eigenvalue weighted by molar-refractivity contribution is 0.285. The third kappa shape index (κ3) is 2.68. The second kappa shape index (κ2) is 5.53. The van der Waals surface area contributed by atoms with Crippen molar-refractivity contribution in [1.29, 1.82) is 0 Å². The summed E-state index contributed by atoms with van der Waals surface area (Å²) in [6.07, 6.45) is 2.10.